The number of likely N-dealkylation sites (tertiary alicyclic amines) is 1. The zero-order chi connectivity index (χ0) is 10.6. The smallest absolute Gasteiger partial charge is 0.0978 e. The molecule has 1 fully saturated rings. The lowest BCUT2D eigenvalue weighted by molar-refractivity contribution is 0.0964. The van der Waals surface area contributed by atoms with Crippen molar-refractivity contribution in [1.29, 1.82) is 5.26 Å². The van der Waals surface area contributed by atoms with Crippen LogP contribution in [-0.2, 0) is 0 Å². The van der Waals surface area contributed by atoms with E-state index in [9.17, 15) is 0 Å². The van der Waals surface area contributed by atoms with Crippen molar-refractivity contribution in [3.63, 3.8) is 0 Å². The van der Waals surface area contributed by atoms with Crippen molar-refractivity contribution in [2.45, 2.75) is 45.2 Å². The van der Waals surface area contributed by atoms with Gasteiger partial charge in [0.15, 0.2) is 0 Å². The summed E-state index contributed by atoms with van der Waals surface area (Å²) in [5, 5.41) is 9.02. The van der Waals surface area contributed by atoms with Crippen LogP contribution in [0, 0.1) is 17.2 Å². The monoisotopic (exact) mass is 195 g/mol. The van der Waals surface area contributed by atoms with Gasteiger partial charge in [0.2, 0.25) is 0 Å². The van der Waals surface area contributed by atoms with Crippen molar-refractivity contribution in [3.8, 4) is 6.07 Å². The van der Waals surface area contributed by atoms with E-state index in [2.05, 4.69) is 24.8 Å². The lowest BCUT2D eigenvalue weighted by atomic mass is 9.91. The summed E-state index contributed by atoms with van der Waals surface area (Å²) in [6.07, 6.45) is 3.25. The molecule has 0 aliphatic carbocycles. The second-order valence-electron chi connectivity index (χ2n) is 4.31. The van der Waals surface area contributed by atoms with Crippen molar-refractivity contribution in [3.05, 3.63) is 0 Å². The van der Waals surface area contributed by atoms with Gasteiger partial charge in [0.25, 0.3) is 0 Å². The van der Waals surface area contributed by atoms with Crippen LogP contribution >= 0.6 is 0 Å². The maximum absolute atomic E-state index is 9.02. The molecular weight excluding hydrogens is 174 g/mol. The van der Waals surface area contributed by atoms with Crippen LogP contribution in [0.1, 0.15) is 33.1 Å². The number of nitrogens with zero attached hydrogens (tertiary/aromatic N) is 2. The van der Waals surface area contributed by atoms with E-state index in [1.54, 1.807) is 0 Å². The molecule has 1 aliphatic rings. The Hall–Kier alpha value is -0.590. The Morgan fingerprint density at radius 3 is 2.86 bits per heavy atom. The highest BCUT2D eigenvalue weighted by Gasteiger charge is 2.29. The third-order valence-electron chi connectivity index (χ3n) is 3.23. The molecule has 0 radical (unpaired) electrons. The second-order valence-corrected chi connectivity index (χ2v) is 4.31. The molecule has 3 unspecified atom stereocenters. The van der Waals surface area contributed by atoms with Crippen LogP contribution in [0.25, 0.3) is 0 Å². The maximum Gasteiger partial charge on any atom is 0.0978 e. The van der Waals surface area contributed by atoms with Gasteiger partial charge in [0.1, 0.15) is 0 Å². The minimum absolute atomic E-state index is 0.0658. The van der Waals surface area contributed by atoms with Gasteiger partial charge in [-0.1, -0.05) is 13.8 Å². The number of nitrogens with two attached hydrogens (primary N) is 1. The van der Waals surface area contributed by atoms with Crippen LogP contribution in [0.2, 0.25) is 0 Å². The summed E-state index contributed by atoms with van der Waals surface area (Å²) in [5.41, 5.74) is 5.75. The molecule has 0 bridgehead atoms. The van der Waals surface area contributed by atoms with E-state index < -0.39 is 0 Å². The summed E-state index contributed by atoms with van der Waals surface area (Å²) in [6, 6.07) is 2.86. The molecule has 1 heterocycles. The molecule has 14 heavy (non-hydrogen) atoms. The SMILES string of the molecule is CCC(C#N)N1CCC(C)CC1CN. The predicted molar refractivity (Wildman–Crippen MR) is 57.6 cm³/mol. The molecule has 2 N–H and O–H groups in total. The first-order valence-electron chi connectivity index (χ1n) is 5.58. The summed E-state index contributed by atoms with van der Waals surface area (Å²) in [4.78, 5) is 2.29. The first-order chi connectivity index (χ1) is 6.72. The highest BCUT2D eigenvalue weighted by Crippen LogP contribution is 2.24. The highest BCUT2D eigenvalue weighted by molar-refractivity contribution is 4.96. The molecule has 0 aromatic heterocycles. The topological polar surface area (TPSA) is 53.0 Å². The normalized spacial score (nSPS) is 31.0. The zero-order valence-corrected chi connectivity index (χ0v) is 9.24. The Morgan fingerprint density at radius 2 is 2.36 bits per heavy atom. The second kappa shape index (κ2) is 5.33. The van der Waals surface area contributed by atoms with Crippen LogP contribution < -0.4 is 5.73 Å². The lowest BCUT2D eigenvalue weighted by Gasteiger charge is -2.40. The lowest BCUT2D eigenvalue weighted by Crippen LogP contribution is -2.50. The molecule has 3 nitrogen and oxygen atoms in total. The van der Waals surface area contributed by atoms with Crippen molar-refractivity contribution >= 4 is 0 Å². The third-order valence-corrected chi connectivity index (χ3v) is 3.23. The van der Waals surface area contributed by atoms with E-state index in [4.69, 9.17) is 11.0 Å². The highest BCUT2D eigenvalue weighted by atomic mass is 15.2. The maximum atomic E-state index is 9.02. The van der Waals surface area contributed by atoms with E-state index in [1.807, 2.05) is 0 Å². The molecule has 0 aromatic rings. The number of nitriles is 1. The summed E-state index contributed by atoms with van der Waals surface area (Å²) in [5.74, 6) is 0.760. The quantitative estimate of drug-likeness (QED) is 0.739. The van der Waals surface area contributed by atoms with Crippen molar-refractivity contribution in [2.24, 2.45) is 11.7 Å². The van der Waals surface area contributed by atoms with Gasteiger partial charge in [0, 0.05) is 12.6 Å². The Bertz CT molecular complexity index is 209. The molecule has 3 heteroatoms. The van der Waals surface area contributed by atoms with Gasteiger partial charge in [-0.05, 0) is 31.7 Å². The van der Waals surface area contributed by atoms with Crippen molar-refractivity contribution < 1.29 is 0 Å². The molecule has 1 saturated heterocycles. The van der Waals surface area contributed by atoms with Crippen LogP contribution in [0.3, 0.4) is 0 Å². The van der Waals surface area contributed by atoms with E-state index in [1.165, 1.54) is 6.42 Å². The number of hydrogen-bond acceptors (Lipinski definition) is 3. The third kappa shape index (κ3) is 2.46. The van der Waals surface area contributed by atoms with Crippen LogP contribution in [0.15, 0.2) is 0 Å². The molecule has 3 atom stereocenters. The summed E-state index contributed by atoms with van der Waals surface area (Å²) >= 11 is 0. The summed E-state index contributed by atoms with van der Waals surface area (Å²) in [6.45, 7) is 6.06. The Kier molecular flexibility index (Phi) is 4.37. The van der Waals surface area contributed by atoms with Gasteiger partial charge in [-0.2, -0.15) is 5.26 Å². The van der Waals surface area contributed by atoms with Crippen LogP contribution in [0.5, 0.6) is 0 Å². The van der Waals surface area contributed by atoms with Gasteiger partial charge in [0.05, 0.1) is 12.1 Å². The Morgan fingerprint density at radius 1 is 1.64 bits per heavy atom. The number of hydrogen-bond donors (Lipinski definition) is 1. The summed E-state index contributed by atoms with van der Waals surface area (Å²) < 4.78 is 0. The Labute approximate surface area is 86.9 Å². The van der Waals surface area contributed by atoms with Gasteiger partial charge in [-0.15, -0.1) is 0 Å². The number of piperidine rings is 1. The van der Waals surface area contributed by atoms with Gasteiger partial charge < -0.3 is 5.73 Å². The van der Waals surface area contributed by atoms with Crippen LogP contribution in [-0.4, -0.2) is 30.1 Å². The first kappa shape index (κ1) is 11.5. The Balaban J connectivity index is 2.62. The van der Waals surface area contributed by atoms with E-state index in [0.717, 1.165) is 25.3 Å². The molecule has 1 rings (SSSR count). The zero-order valence-electron chi connectivity index (χ0n) is 9.24. The van der Waals surface area contributed by atoms with E-state index in [-0.39, 0.29) is 6.04 Å². The molecule has 0 saturated carbocycles. The average molecular weight is 195 g/mol. The van der Waals surface area contributed by atoms with Crippen LogP contribution in [0.4, 0.5) is 0 Å². The molecule has 0 spiro atoms. The molecule has 80 valence electrons. The minimum Gasteiger partial charge on any atom is -0.329 e. The van der Waals surface area contributed by atoms with Gasteiger partial charge in [-0.25, -0.2) is 0 Å². The van der Waals surface area contributed by atoms with Gasteiger partial charge >= 0.3 is 0 Å². The molecule has 0 amide bonds. The summed E-state index contributed by atoms with van der Waals surface area (Å²) in [7, 11) is 0. The standard InChI is InChI=1S/C11H21N3/c1-3-10(7-12)14-5-4-9(2)6-11(14)8-13/h9-11H,3-6,8,13H2,1-2H3. The largest absolute Gasteiger partial charge is 0.329 e. The fourth-order valence-electron chi connectivity index (χ4n) is 2.31. The molecular formula is C11H21N3. The first-order valence-corrected chi connectivity index (χ1v) is 5.58. The van der Waals surface area contributed by atoms with Crippen molar-refractivity contribution in [2.75, 3.05) is 13.1 Å². The fourth-order valence-corrected chi connectivity index (χ4v) is 2.31. The van der Waals surface area contributed by atoms with Crippen molar-refractivity contribution in [1.82, 2.24) is 4.90 Å². The minimum atomic E-state index is 0.0658. The predicted octanol–water partition coefficient (Wildman–Crippen LogP) is 1.35. The molecule has 0 aromatic carbocycles. The van der Waals surface area contributed by atoms with Gasteiger partial charge in [-0.3, -0.25) is 4.90 Å². The van der Waals surface area contributed by atoms with E-state index >= 15 is 0 Å². The average Bonchev–Trinajstić information content (AvgIpc) is 2.21. The fraction of sp³-hybridized carbons (Fsp3) is 0.909. The number of rotatable bonds is 3. The molecule has 1 aliphatic heterocycles. The van der Waals surface area contributed by atoms with E-state index in [0.29, 0.717) is 12.6 Å².